The number of amides is 2. The number of hydrogen-bond acceptors (Lipinski definition) is 3. The molecule has 5 heteroatoms. The van der Waals surface area contributed by atoms with Crippen molar-refractivity contribution in [3.63, 3.8) is 0 Å². The van der Waals surface area contributed by atoms with Gasteiger partial charge in [-0.3, -0.25) is 0 Å². The summed E-state index contributed by atoms with van der Waals surface area (Å²) < 4.78 is 10.5. The van der Waals surface area contributed by atoms with E-state index in [1.165, 1.54) is 5.56 Å². The van der Waals surface area contributed by atoms with Crippen LogP contribution in [-0.2, 0) is 0 Å². The molecule has 3 rings (SSSR count). The Kier molecular flexibility index (Phi) is 4.89. The number of carbonyl (C=O) groups is 1. The lowest BCUT2D eigenvalue weighted by atomic mass is 9.99. The normalized spacial score (nSPS) is 16.8. The van der Waals surface area contributed by atoms with Crippen LogP contribution in [0, 0.1) is 0 Å². The summed E-state index contributed by atoms with van der Waals surface area (Å²) in [6.07, 6.45) is 0.983. The summed E-state index contributed by atoms with van der Waals surface area (Å²) in [7, 11) is 3.17. The average Bonchev–Trinajstić information content (AvgIpc) is 3.13. The van der Waals surface area contributed by atoms with Gasteiger partial charge in [0.25, 0.3) is 0 Å². The Balaban J connectivity index is 1.66. The van der Waals surface area contributed by atoms with Gasteiger partial charge < -0.3 is 19.7 Å². The first-order valence-electron chi connectivity index (χ1n) is 8.04. The number of carbonyl (C=O) groups excluding carboxylic acids is 1. The van der Waals surface area contributed by atoms with Crippen molar-refractivity contribution in [2.45, 2.75) is 12.3 Å². The number of methoxy groups -OCH3 is 2. The lowest BCUT2D eigenvalue weighted by molar-refractivity contribution is 0.222. The molecule has 1 aliphatic rings. The van der Waals surface area contributed by atoms with E-state index in [2.05, 4.69) is 17.4 Å². The highest BCUT2D eigenvalue weighted by Gasteiger charge is 2.27. The molecule has 0 aliphatic carbocycles. The second kappa shape index (κ2) is 7.25. The molecule has 0 saturated carbocycles. The molecule has 0 radical (unpaired) electrons. The van der Waals surface area contributed by atoms with Gasteiger partial charge in [0.05, 0.1) is 19.9 Å². The molecule has 2 aromatic carbocycles. The predicted octanol–water partition coefficient (Wildman–Crippen LogP) is 3.73. The van der Waals surface area contributed by atoms with Crippen LogP contribution in [0.2, 0.25) is 0 Å². The molecule has 126 valence electrons. The van der Waals surface area contributed by atoms with Crippen LogP contribution in [0.1, 0.15) is 17.9 Å². The van der Waals surface area contributed by atoms with Gasteiger partial charge in [-0.2, -0.15) is 0 Å². The van der Waals surface area contributed by atoms with Crippen molar-refractivity contribution in [1.29, 1.82) is 0 Å². The minimum atomic E-state index is -0.100. The number of hydrogen-bond donors (Lipinski definition) is 1. The van der Waals surface area contributed by atoms with E-state index in [0.717, 1.165) is 19.5 Å². The highest BCUT2D eigenvalue weighted by Crippen LogP contribution is 2.31. The van der Waals surface area contributed by atoms with Gasteiger partial charge in [0.15, 0.2) is 0 Å². The molecule has 1 saturated heterocycles. The Bertz CT molecular complexity index is 703. The maximum absolute atomic E-state index is 12.5. The Morgan fingerprint density at radius 2 is 1.92 bits per heavy atom. The van der Waals surface area contributed by atoms with Crippen LogP contribution in [0.15, 0.2) is 48.5 Å². The third-order valence-corrected chi connectivity index (χ3v) is 4.40. The molecule has 1 atom stereocenters. The van der Waals surface area contributed by atoms with Gasteiger partial charge in [0.2, 0.25) is 0 Å². The van der Waals surface area contributed by atoms with Crippen molar-refractivity contribution in [2.24, 2.45) is 0 Å². The molecule has 0 aromatic heterocycles. The lowest BCUT2D eigenvalue weighted by Crippen LogP contribution is -2.32. The molecule has 0 bridgehead atoms. The number of ether oxygens (including phenoxy) is 2. The fourth-order valence-electron chi connectivity index (χ4n) is 3.04. The maximum atomic E-state index is 12.5. The van der Waals surface area contributed by atoms with Crippen molar-refractivity contribution >= 4 is 11.7 Å². The van der Waals surface area contributed by atoms with E-state index in [1.54, 1.807) is 32.4 Å². The minimum absolute atomic E-state index is 0.100. The van der Waals surface area contributed by atoms with Crippen molar-refractivity contribution in [1.82, 2.24) is 4.90 Å². The highest BCUT2D eigenvalue weighted by atomic mass is 16.5. The molecular formula is C19H22N2O3. The van der Waals surface area contributed by atoms with Crippen molar-refractivity contribution in [3.8, 4) is 11.5 Å². The van der Waals surface area contributed by atoms with Gasteiger partial charge in [0.1, 0.15) is 11.5 Å². The number of benzene rings is 2. The zero-order valence-corrected chi connectivity index (χ0v) is 14.0. The largest absolute Gasteiger partial charge is 0.497 e. The van der Waals surface area contributed by atoms with Crippen LogP contribution in [0.25, 0.3) is 0 Å². The van der Waals surface area contributed by atoms with Crippen LogP contribution in [0.3, 0.4) is 0 Å². The second-order valence-corrected chi connectivity index (χ2v) is 5.84. The van der Waals surface area contributed by atoms with E-state index in [1.807, 2.05) is 23.1 Å². The Labute approximate surface area is 142 Å². The van der Waals surface area contributed by atoms with Gasteiger partial charge >= 0.3 is 6.03 Å². The summed E-state index contributed by atoms with van der Waals surface area (Å²) in [6, 6.07) is 15.6. The maximum Gasteiger partial charge on any atom is 0.321 e. The number of nitrogens with one attached hydrogen (secondary N) is 1. The van der Waals surface area contributed by atoms with E-state index in [-0.39, 0.29) is 6.03 Å². The summed E-state index contributed by atoms with van der Waals surface area (Å²) in [4.78, 5) is 14.4. The van der Waals surface area contributed by atoms with Crippen molar-refractivity contribution < 1.29 is 14.3 Å². The summed E-state index contributed by atoms with van der Waals surface area (Å²) >= 11 is 0. The number of anilines is 1. The fraction of sp³-hybridized carbons (Fsp3) is 0.316. The predicted molar refractivity (Wildman–Crippen MR) is 93.9 cm³/mol. The summed E-state index contributed by atoms with van der Waals surface area (Å²) in [5, 5.41) is 2.93. The zero-order valence-electron chi connectivity index (χ0n) is 14.0. The summed E-state index contributed by atoms with van der Waals surface area (Å²) in [5.41, 5.74) is 1.93. The van der Waals surface area contributed by atoms with Gasteiger partial charge in [-0.25, -0.2) is 4.79 Å². The van der Waals surface area contributed by atoms with E-state index in [4.69, 9.17) is 9.47 Å². The summed E-state index contributed by atoms with van der Waals surface area (Å²) in [6.45, 7) is 1.48. The van der Waals surface area contributed by atoms with Crippen molar-refractivity contribution in [2.75, 3.05) is 32.6 Å². The third-order valence-electron chi connectivity index (χ3n) is 4.40. The molecular weight excluding hydrogens is 304 g/mol. The number of rotatable bonds is 4. The minimum Gasteiger partial charge on any atom is -0.497 e. The first-order chi connectivity index (χ1) is 11.7. The van der Waals surface area contributed by atoms with Crippen LogP contribution < -0.4 is 14.8 Å². The SMILES string of the molecule is COc1ccc(NC(=O)N2CCC(c3ccccc3)C2)c(OC)c1. The third kappa shape index (κ3) is 3.45. The van der Waals surface area contributed by atoms with Crippen LogP contribution in [0.4, 0.5) is 10.5 Å². The van der Waals surface area contributed by atoms with Gasteiger partial charge in [0, 0.05) is 25.1 Å². The van der Waals surface area contributed by atoms with E-state index in [0.29, 0.717) is 23.1 Å². The number of nitrogens with zero attached hydrogens (tertiary/aromatic N) is 1. The van der Waals surface area contributed by atoms with E-state index < -0.39 is 0 Å². The van der Waals surface area contributed by atoms with Gasteiger partial charge in [-0.15, -0.1) is 0 Å². The fourth-order valence-corrected chi connectivity index (χ4v) is 3.04. The molecule has 2 aromatic rings. The molecule has 1 aliphatic heterocycles. The zero-order chi connectivity index (χ0) is 16.9. The first-order valence-corrected chi connectivity index (χ1v) is 8.04. The molecule has 5 nitrogen and oxygen atoms in total. The molecule has 1 fully saturated rings. The lowest BCUT2D eigenvalue weighted by Gasteiger charge is -2.19. The van der Waals surface area contributed by atoms with Crippen molar-refractivity contribution in [3.05, 3.63) is 54.1 Å². The summed E-state index contributed by atoms with van der Waals surface area (Å²) in [5.74, 6) is 1.67. The van der Waals surface area contributed by atoms with Crippen LogP contribution in [0.5, 0.6) is 11.5 Å². The topological polar surface area (TPSA) is 50.8 Å². The molecule has 2 amide bonds. The van der Waals surface area contributed by atoms with Gasteiger partial charge in [-0.1, -0.05) is 30.3 Å². The van der Waals surface area contributed by atoms with Crippen LogP contribution >= 0.6 is 0 Å². The number of likely N-dealkylation sites (tertiary alicyclic amines) is 1. The first kappa shape index (κ1) is 16.2. The molecule has 24 heavy (non-hydrogen) atoms. The molecule has 0 spiro atoms. The van der Waals surface area contributed by atoms with Crippen LogP contribution in [-0.4, -0.2) is 38.2 Å². The number of urea groups is 1. The Morgan fingerprint density at radius 1 is 1.12 bits per heavy atom. The second-order valence-electron chi connectivity index (χ2n) is 5.84. The highest BCUT2D eigenvalue weighted by molar-refractivity contribution is 5.91. The van der Waals surface area contributed by atoms with E-state index >= 15 is 0 Å². The van der Waals surface area contributed by atoms with Gasteiger partial charge in [-0.05, 0) is 24.1 Å². The molecule has 1 heterocycles. The monoisotopic (exact) mass is 326 g/mol. The molecule has 1 N–H and O–H groups in total. The molecule has 1 unspecified atom stereocenters. The Hall–Kier alpha value is -2.69. The quantitative estimate of drug-likeness (QED) is 0.931. The smallest absolute Gasteiger partial charge is 0.321 e. The average molecular weight is 326 g/mol. The standard InChI is InChI=1S/C19H22N2O3/c1-23-16-8-9-17(18(12-16)24-2)20-19(22)21-11-10-15(13-21)14-6-4-3-5-7-14/h3-9,12,15H,10-11,13H2,1-2H3,(H,20,22). The Morgan fingerprint density at radius 3 is 2.62 bits per heavy atom. The van der Waals surface area contributed by atoms with E-state index in [9.17, 15) is 4.79 Å².